The number of hydroxylamine groups is 2. The van der Waals surface area contributed by atoms with E-state index >= 15 is 0 Å². The first-order valence-electron chi connectivity index (χ1n) is 6.24. The summed E-state index contributed by atoms with van der Waals surface area (Å²) < 4.78 is 0. The molecule has 3 nitrogen and oxygen atoms in total. The number of ketones is 1. The van der Waals surface area contributed by atoms with Crippen LogP contribution in [-0.2, 0) is 9.63 Å². The van der Waals surface area contributed by atoms with Crippen molar-refractivity contribution in [2.75, 3.05) is 7.05 Å². The maximum Gasteiger partial charge on any atom is 0.140 e. The van der Waals surface area contributed by atoms with Crippen LogP contribution >= 0.6 is 0 Å². The average molecular weight is 231 g/mol. The van der Waals surface area contributed by atoms with E-state index in [-0.39, 0.29) is 18.1 Å². The number of hydrogen-bond donors (Lipinski definition) is 0. The number of hydrogen-bond acceptors (Lipinski definition) is 3. The molecule has 0 radical (unpaired) electrons. The van der Waals surface area contributed by atoms with Gasteiger partial charge in [-0.15, -0.1) is 0 Å². The van der Waals surface area contributed by atoms with Crippen molar-refractivity contribution >= 4 is 5.78 Å². The number of carbonyl (C=O) groups is 1. The fraction of sp³-hybridized carbons (Fsp3) is 0.500. The fourth-order valence-corrected chi connectivity index (χ4v) is 3.10. The van der Waals surface area contributed by atoms with E-state index in [4.69, 9.17) is 4.84 Å². The molecular formula is C14H17NO2. The summed E-state index contributed by atoms with van der Waals surface area (Å²) in [5.41, 5.74) is 1.18. The molecule has 0 unspecified atom stereocenters. The molecule has 2 aliphatic rings. The van der Waals surface area contributed by atoms with Gasteiger partial charge in [0.15, 0.2) is 0 Å². The van der Waals surface area contributed by atoms with E-state index < -0.39 is 0 Å². The van der Waals surface area contributed by atoms with E-state index in [1.807, 2.05) is 30.3 Å². The van der Waals surface area contributed by atoms with Crippen molar-refractivity contribution in [3.05, 3.63) is 35.9 Å². The van der Waals surface area contributed by atoms with E-state index in [1.54, 1.807) is 0 Å². The Morgan fingerprint density at radius 1 is 1.29 bits per heavy atom. The third-order valence-corrected chi connectivity index (χ3v) is 3.86. The second kappa shape index (κ2) is 4.24. The van der Waals surface area contributed by atoms with Crippen LogP contribution in [0.5, 0.6) is 0 Å². The lowest BCUT2D eigenvalue weighted by molar-refractivity contribution is -0.149. The first kappa shape index (κ1) is 10.9. The molecule has 1 saturated heterocycles. The smallest absolute Gasteiger partial charge is 0.140 e. The highest BCUT2D eigenvalue weighted by molar-refractivity contribution is 5.83. The van der Waals surface area contributed by atoms with Crippen molar-refractivity contribution in [2.24, 2.45) is 5.92 Å². The van der Waals surface area contributed by atoms with Crippen LogP contribution in [0.3, 0.4) is 0 Å². The summed E-state index contributed by atoms with van der Waals surface area (Å²) in [6.07, 6.45) is 2.77. The molecule has 1 aliphatic heterocycles. The largest absolute Gasteiger partial charge is 0.299 e. The molecule has 3 rings (SSSR count). The van der Waals surface area contributed by atoms with Gasteiger partial charge in [-0.3, -0.25) is 9.63 Å². The molecule has 0 spiro atoms. The first-order chi connectivity index (χ1) is 8.27. The van der Waals surface area contributed by atoms with Crippen LogP contribution in [0.1, 0.15) is 30.9 Å². The Labute approximate surface area is 101 Å². The van der Waals surface area contributed by atoms with Gasteiger partial charge in [-0.1, -0.05) is 30.3 Å². The molecule has 17 heavy (non-hydrogen) atoms. The summed E-state index contributed by atoms with van der Waals surface area (Å²) in [5.74, 6) is 0.385. The Balaban J connectivity index is 1.95. The quantitative estimate of drug-likeness (QED) is 0.743. The number of Topliss-reactive ketones (excluding diaryl/α,β-unsaturated/α-hetero) is 1. The maximum absolute atomic E-state index is 12.1. The van der Waals surface area contributed by atoms with Crippen molar-refractivity contribution in [1.29, 1.82) is 0 Å². The summed E-state index contributed by atoms with van der Waals surface area (Å²) in [6, 6.07) is 10.3. The van der Waals surface area contributed by atoms with Crippen molar-refractivity contribution in [2.45, 2.75) is 31.4 Å². The van der Waals surface area contributed by atoms with Gasteiger partial charge in [0.1, 0.15) is 5.78 Å². The van der Waals surface area contributed by atoms with Crippen LogP contribution in [0.15, 0.2) is 30.3 Å². The zero-order valence-corrected chi connectivity index (χ0v) is 10.0. The molecular weight excluding hydrogens is 214 g/mol. The predicted molar refractivity (Wildman–Crippen MR) is 64.2 cm³/mol. The fourth-order valence-electron chi connectivity index (χ4n) is 3.10. The SMILES string of the molecule is CN1O[C@@H]2CCCC(=O)[C@@H]2[C@H]1c1ccccc1. The van der Waals surface area contributed by atoms with Crippen LogP contribution in [0, 0.1) is 5.92 Å². The number of benzene rings is 1. The number of fused-ring (bicyclic) bond motifs is 1. The van der Waals surface area contributed by atoms with Gasteiger partial charge in [-0.2, -0.15) is 5.06 Å². The van der Waals surface area contributed by atoms with Gasteiger partial charge in [0.05, 0.1) is 18.1 Å². The minimum absolute atomic E-state index is 0.0242. The summed E-state index contributed by atoms with van der Waals surface area (Å²) in [7, 11) is 1.93. The number of rotatable bonds is 1. The highest BCUT2D eigenvalue weighted by atomic mass is 16.7. The van der Waals surface area contributed by atoms with E-state index in [2.05, 4.69) is 12.1 Å². The Kier molecular flexibility index (Phi) is 2.73. The molecule has 0 amide bonds. The van der Waals surface area contributed by atoms with E-state index in [0.717, 1.165) is 12.8 Å². The van der Waals surface area contributed by atoms with Crippen LogP contribution in [-0.4, -0.2) is 24.0 Å². The molecule has 1 saturated carbocycles. The van der Waals surface area contributed by atoms with Crippen molar-refractivity contribution in [3.63, 3.8) is 0 Å². The zero-order valence-electron chi connectivity index (χ0n) is 10.0. The molecule has 1 heterocycles. The van der Waals surface area contributed by atoms with Crippen molar-refractivity contribution < 1.29 is 9.63 Å². The minimum Gasteiger partial charge on any atom is -0.299 e. The predicted octanol–water partition coefficient (Wildman–Crippen LogP) is 2.34. The van der Waals surface area contributed by atoms with E-state index in [0.29, 0.717) is 12.2 Å². The molecule has 0 aromatic heterocycles. The normalized spacial score (nSPS) is 33.7. The van der Waals surface area contributed by atoms with Gasteiger partial charge >= 0.3 is 0 Å². The van der Waals surface area contributed by atoms with Crippen LogP contribution in [0.2, 0.25) is 0 Å². The topological polar surface area (TPSA) is 29.5 Å². The van der Waals surface area contributed by atoms with Gasteiger partial charge in [0, 0.05) is 13.5 Å². The van der Waals surface area contributed by atoms with Crippen molar-refractivity contribution in [1.82, 2.24) is 5.06 Å². The molecule has 0 N–H and O–H groups in total. The Morgan fingerprint density at radius 3 is 2.82 bits per heavy atom. The standard InChI is InChI=1S/C14H17NO2/c1-15-14(10-6-3-2-4-7-10)13-11(16)8-5-9-12(13)17-15/h2-4,6-7,12-14H,5,8-9H2,1H3/t12-,13+,14-/m1/s1. The lowest BCUT2D eigenvalue weighted by atomic mass is 9.79. The highest BCUT2D eigenvalue weighted by Crippen LogP contribution is 2.43. The minimum atomic E-state index is 0.0242. The molecule has 90 valence electrons. The number of nitrogens with zero attached hydrogens (tertiary/aromatic N) is 1. The van der Waals surface area contributed by atoms with E-state index in [1.165, 1.54) is 5.56 Å². The Hall–Kier alpha value is -1.19. The third kappa shape index (κ3) is 1.79. The second-order valence-corrected chi connectivity index (χ2v) is 4.93. The lowest BCUT2D eigenvalue weighted by Gasteiger charge is -2.25. The number of carbonyl (C=O) groups excluding carboxylic acids is 1. The Bertz CT molecular complexity index is 417. The summed E-state index contributed by atoms with van der Waals surface area (Å²) in [4.78, 5) is 17.9. The zero-order chi connectivity index (χ0) is 11.8. The van der Waals surface area contributed by atoms with Crippen LogP contribution in [0.4, 0.5) is 0 Å². The van der Waals surface area contributed by atoms with Gasteiger partial charge in [0.2, 0.25) is 0 Å². The average Bonchev–Trinajstić information content (AvgIpc) is 2.68. The molecule has 2 fully saturated rings. The molecule has 1 aliphatic carbocycles. The monoisotopic (exact) mass is 231 g/mol. The second-order valence-electron chi connectivity index (χ2n) is 4.93. The van der Waals surface area contributed by atoms with Crippen molar-refractivity contribution in [3.8, 4) is 0 Å². The Morgan fingerprint density at radius 2 is 2.06 bits per heavy atom. The molecule has 3 atom stereocenters. The van der Waals surface area contributed by atoms with Gasteiger partial charge in [-0.25, -0.2) is 0 Å². The lowest BCUT2D eigenvalue weighted by Crippen LogP contribution is -2.32. The maximum atomic E-state index is 12.1. The summed E-state index contributed by atoms with van der Waals surface area (Å²) in [5, 5.41) is 1.87. The van der Waals surface area contributed by atoms with Gasteiger partial charge in [-0.05, 0) is 18.4 Å². The molecule has 3 heteroatoms. The summed E-state index contributed by atoms with van der Waals surface area (Å²) >= 11 is 0. The van der Waals surface area contributed by atoms with Gasteiger partial charge in [0.25, 0.3) is 0 Å². The van der Waals surface area contributed by atoms with E-state index in [9.17, 15) is 4.79 Å². The third-order valence-electron chi connectivity index (χ3n) is 3.86. The molecule has 0 bridgehead atoms. The summed E-state index contributed by atoms with van der Waals surface area (Å²) in [6.45, 7) is 0. The first-order valence-corrected chi connectivity index (χ1v) is 6.24. The molecule has 1 aromatic carbocycles. The van der Waals surface area contributed by atoms with Gasteiger partial charge < -0.3 is 0 Å². The van der Waals surface area contributed by atoms with Crippen LogP contribution < -0.4 is 0 Å². The van der Waals surface area contributed by atoms with Crippen LogP contribution in [0.25, 0.3) is 0 Å². The molecule has 1 aromatic rings. The highest BCUT2D eigenvalue weighted by Gasteiger charge is 2.47.